The average Bonchev–Trinajstić information content (AvgIpc) is 2.45. The van der Waals surface area contributed by atoms with Gasteiger partial charge in [-0.05, 0) is 46.1 Å². The van der Waals surface area contributed by atoms with Gasteiger partial charge in [-0.15, -0.1) is 0 Å². The second-order valence-electron chi connectivity index (χ2n) is 4.45. The summed E-state index contributed by atoms with van der Waals surface area (Å²) >= 11 is 3.21. The molecule has 0 radical (unpaired) electrons. The quantitative estimate of drug-likeness (QED) is 0.845. The van der Waals surface area contributed by atoms with Crippen molar-refractivity contribution in [3.05, 3.63) is 63.9 Å². The van der Waals surface area contributed by atoms with E-state index in [1.54, 1.807) is 12.1 Å². The lowest BCUT2D eigenvalue weighted by molar-refractivity contribution is 0.0915. The smallest absolute Gasteiger partial charge is 0.252 e. The highest BCUT2D eigenvalue weighted by Gasteiger charge is 2.12. The van der Waals surface area contributed by atoms with Crippen LogP contribution in [-0.2, 0) is 0 Å². The average molecular weight is 335 g/mol. The highest BCUT2D eigenvalue weighted by atomic mass is 79.9. The van der Waals surface area contributed by atoms with Gasteiger partial charge in [0.1, 0.15) is 4.60 Å². The Morgan fingerprint density at radius 2 is 2.10 bits per heavy atom. The van der Waals surface area contributed by atoms with Gasteiger partial charge in [0.05, 0.1) is 11.7 Å². The van der Waals surface area contributed by atoms with E-state index in [4.69, 9.17) is 0 Å². The van der Waals surface area contributed by atoms with E-state index in [0.717, 1.165) is 11.1 Å². The fourth-order valence-corrected chi connectivity index (χ4v) is 2.11. The van der Waals surface area contributed by atoms with Crippen molar-refractivity contribution in [3.8, 4) is 0 Å². The molecule has 20 heavy (non-hydrogen) atoms. The fourth-order valence-electron chi connectivity index (χ4n) is 1.87. The van der Waals surface area contributed by atoms with Crippen LogP contribution in [0.3, 0.4) is 0 Å². The number of benzene rings is 1. The van der Waals surface area contributed by atoms with Gasteiger partial charge < -0.3 is 10.4 Å². The number of aromatic nitrogens is 1. The van der Waals surface area contributed by atoms with Gasteiger partial charge in [0.2, 0.25) is 0 Å². The molecule has 2 N–H and O–H groups in total. The number of halogens is 1. The van der Waals surface area contributed by atoms with E-state index in [1.165, 1.54) is 6.20 Å². The molecule has 0 fully saturated rings. The molecule has 0 spiro atoms. The second-order valence-corrected chi connectivity index (χ2v) is 5.26. The highest BCUT2D eigenvalue weighted by Crippen LogP contribution is 2.16. The van der Waals surface area contributed by atoms with Crippen LogP contribution in [0.25, 0.3) is 0 Å². The van der Waals surface area contributed by atoms with Crippen molar-refractivity contribution in [2.75, 3.05) is 6.54 Å². The van der Waals surface area contributed by atoms with Crippen molar-refractivity contribution >= 4 is 21.8 Å². The molecule has 0 saturated heterocycles. The maximum absolute atomic E-state index is 11.9. The van der Waals surface area contributed by atoms with E-state index >= 15 is 0 Å². The van der Waals surface area contributed by atoms with Crippen molar-refractivity contribution in [2.45, 2.75) is 13.0 Å². The van der Waals surface area contributed by atoms with Gasteiger partial charge in [-0.3, -0.25) is 4.79 Å². The third-order valence-corrected chi connectivity index (χ3v) is 3.46. The predicted octanol–water partition coefficient (Wildman–Crippen LogP) is 2.62. The first-order chi connectivity index (χ1) is 9.58. The van der Waals surface area contributed by atoms with Crippen molar-refractivity contribution in [2.24, 2.45) is 0 Å². The van der Waals surface area contributed by atoms with Crippen LogP contribution in [0.2, 0.25) is 0 Å². The summed E-state index contributed by atoms with van der Waals surface area (Å²) in [6.07, 6.45) is 0.767. The van der Waals surface area contributed by atoms with E-state index in [2.05, 4.69) is 26.2 Å². The van der Waals surface area contributed by atoms with Crippen LogP contribution >= 0.6 is 15.9 Å². The molecular formula is C15H15BrN2O2. The van der Waals surface area contributed by atoms with Crippen molar-refractivity contribution in [3.63, 3.8) is 0 Å². The molecule has 1 aromatic heterocycles. The zero-order valence-corrected chi connectivity index (χ0v) is 12.6. The largest absolute Gasteiger partial charge is 0.387 e. The summed E-state index contributed by atoms with van der Waals surface area (Å²) in [5.74, 6) is -0.252. The van der Waals surface area contributed by atoms with Gasteiger partial charge >= 0.3 is 0 Å². The summed E-state index contributed by atoms with van der Waals surface area (Å²) in [7, 11) is 0. The van der Waals surface area contributed by atoms with E-state index < -0.39 is 6.10 Å². The van der Waals surface area contributed by atoms with Crippen LogP contribution in [0.15, 0.2) is 47.2 Å². The number of pyridine rings is 1. The van der Waals surface area contributed by atoms with Crippen molar-refractivity contribution in [1.82, 2.24) is 10.3 Å². The molecule has 0 saturated carbocycles. The minimum atomic E-state index is -0.719. The summed E-state index contributed by atoms with van der Waals surface area (Å²) in [6, 6.07) is 10.9. The molecule has 0 aliphatic carbocycles. The molecule has 2 rings (SSSR count). The Hall–Kier alpha value is -1.72. The van der Waals surface area contributed by atoms with Gasteiger partial charge in [0.25, 0.3) is 5.91 Å². The lowest BCUT2D eigenvalue weighted by atomic mass is 10.0. The molecule has 1 amide bonds. The summed E-state index contributed by atoms with van der Waals surface area (Å²) < 4.78 is 0.675. The van der Waals surface area contributed by atoms with Gasteiger partial charge in [-0.25, -0.2) is 4.98 Å². The summed E-state index contributed by atoms with van der Waals surface area (Å²) in [5.41, 5.74) is 2.28. The Morgan fingerprint density at radius 1 is 1.35 bits per heavy atom. The van der Waals surface area contributed by atoms with Gasteiger partial charge in [0.15, 0.2) is 0 Å². The Morgan fingerprint density at radius 3 is 2.75 bits per heavy atom. The van der Waals surface area contributed by atoms with Gasteiger partial charge in [-0.2, -0.15) is 0 Å². The van der Waals surface area contributed by atoms with Crippen molar-refractivity contribution < 1.29 is 9.90 Å². The van der Waals surface area contributed by atoms with E-state index in [1.807, 2.05) is 31.2 Å². The number of aliphatic hydroxyl groups excluding tert-OH is 1. The molecule has 104 valence electrons. The fraction of sp³-hybridized carbons (Fsp3) is 0.200. The van der Waals surface area contributed by atoms with Gasteiger partial charge in [0, 0.05) is 12.7 Å². The van der Waals surface area contributed by atoms with Crippen LogP contribution in [-0.4, -0.2) is 22.5 Å². The minimum absolute atomic E-state index is 0.166. The maximum atomic E-state index is 11.9. The highest BCUT2D eigenvalue weighted by molar-refractivity contribution is 9.10. The molecule has 1 unspecified atom stereocenters. The maximum Gasteiger partial charge on any atom is 0.252 e. The molecule has 1 atom stereocenters. The number of carbonyl (C=O) groups is 1. The Bertz CT molecular complexity index is 599. The normalized spacial score (nSPS) is 11.9. The van der Waals surface area contributed by atoms with Crippen LogP contribution in [0.4, 0.5) is 0 Å². The number of nitrogens with one attached hydrogen (secondary N) is 1. The molecule has 2 aromatic rings. The lowest BCUT2D eigenvalue weighted by Gasteiger charge is -2.14. The molecule has 5 heteroatoms. The SMILES string of the molecule is Cc1ccccc1C(O)CNC(=O)c1ccc(Br)nc1. The first-order valence-electron chi connectivity index (χ1n) is 6.21. The Labute approximate surface area is 126 Å². The van der Waals surface area contributed by atoms with E-state index in [-0.39, 0.29) is 12.5 Å². The first-order valence-corrected chi connectivity index (χ1v) is 7.00. The molecule has 4 nitrogen and oxygen atoms in total. The van der Waals surface area contributed by atoms with E-state index in [0.29, 0.717) is 10.2 Å². The third-order valence-electron chi connectivity index (χ3n) is 2.99. The molecule has 0 aliphatic rings. The number of nitrogens with zero attached hydrogens (tertiary/aromatic N) is 1. The number of rotatable bonds is 4. The second kappa shape index (κ2) is 6.63. The molecular weight excluding hydrogens is 320 g/mol. The number of hydrogen-bond donors (Lipinski definition) is 2. The van der Waals surface area contributed by atoms with E-state index in [9.17, 15) is 9.90 Å². The first kappa shape index (κ1) is 14.7. The predicted molar refractivity (Wildman–Crippen MR) is 80.4 cm³/mol. The number of aryl methyl sites for hydroxylation is 1. The summed E-state index contributed by atoms with van der Waals surface area (Å²) in [6.45, 7) is 2.10. The lowest BCUT2D eigenvalue weighted by Crippen LogP contribution is -2.28. The zero-order valence-electron chi connectivity index (χ0n) is 11.0. The van der Waals surface area contributed by atoms with Crippen LogP contribution in [0.1, 0.15) is 27.6 Å². The zero-order chi connectivity index (χ0) is 14.5. The molecule has 1 heterocycles. The van der Waals surface area contributed by atoms with Gasteiger partial charge in [-0.1, -0.05) is 24.3 Å². The Kier molecular flexibility index (Phi) is 4.87. The number of amides is 1. The van der Waals surface area contributed by atoms with Crippen LogP contribution in [0, 0.1) is 6.92 Å². The standard InChI is InChI=1S/C15H15BrN2O2/c1-10-4-2-3-5-12(10)13(19)9-18-15(20)11-6-7-14(16)17-8-11/h2-8,13,19H,9H2,1H3,(H,18,20). The number of hydrogen-bond acceptors (Lipinski definition) is 3. The molecule has 0 aliphatic heterocycles. The third kappa shape index (κ3) is 3.65. The van der Waals surface area contributed by atoms with Crippen LogP contribution < -0.4 is 5.32 Å². The monoisotopic (exact) mass is 334 g/mol. The number of aliphatic hydroxyl groups is 1. The Balaban J connectivity index is 1.97. The van der Waals surface area contributed by atoms with Crippen molar-refractivity contribution in [1.29, 1.82) is 0 Å². The topological polar surface area (TPSA) is 62.2 Å². The van der Waals surface area contributed by atoms with Crippen LogP contribution in [0.5, 0.6) is 0 Å². The molecule has 0 bridgehead atoms. The summed E-state index contributed by atoms with van der Waals surface area (Å²) in [5, 5.41) is 12.8. The minimum Gasteiger partial charge on any atom is -0.387 e. The molecule has 1 aromatic carbocycles. The number of carbonyl (C=O) groups excluding carboxylic acids is 1. The summed E-state index contributed by atoms with van der Waals surface area (Å²) in [4.78, 5) is 15.9.